The molecular formula is C18H26Br3NO3. The lowest BCUT2D eigenvalue weighted by Gasteiger charge is -2.66. The number of hydrogen-bond donors (Lipinski definition) is 0. The zero-order valence-corrected chi connectivity index (χ0v) is 19.7. The van der Waals surface area contributed by atoms with E-state index in [0.29, 0.717) is 32.5 Å². The third kappa shape index (κ3) is 2.47. The lowest BCUT2D eigenvalue weighted by atomic mass is 9.43. The van der Waals surface area contributed by atoms with E-state index in [0.717, 1.165) is 12.8 Å². The summed E-state index contributed by atoms with van der Waals surface area (Å²) in [5.41, 5.74) is -0.379. The first kappa shape index (κ1) is 20.1. The highest BCUT2D eigenvalue weighted by molar-refractivity contribution is 9.24. The van der Waals surface area contributed by atoms with E-state index in [-0.39, 0.29) is 42.6 Å². The summed E-state index contributed by atoms with van der Waals surface area (Å²) in [4.78, 5) is 27.6. The number of amides is 1. The lowest BCUT2D eigenvalue weighted by molar-refractivity contribution is -0.175. The number of rotatable bonds is 4. The van der Waals surface area contributed by atoms with Crippen LogP contribution in [0.25, 0.3) is 0 Å². The molecule has 0 spiro atoms. The number of esters is 1. The molecule has 3 saturated carbocycles. The predicted molar refractivity (Wildman–Crippen MR) is 108 cm³/mol. The Balaban J connectivity index is 1.72. The maximum atomic E-state index is 13.5. The highest BCUT2D eigenvalue weighted by Crippen LogP contribution is 2.82. The van der Waals surface area contributed by atoms with Crippen LogP contribution in [0.5, 0.6) is 0 Å². The summed E-state index contributed by atoms with van der Waals surface area (Å²) in [6.07, 6.45) is 3.36. The van der Waals surface area contributed by atoms with Gasteiger partial charge in [0.25, 0.3) is 0 Å². The van der Waals surface area contributed by atoms with Crippen LogP contribution < -0.4 is 0 Å². The van der Waals surface area contributed by atoms with E-state index in [2.05, 4.69) is 61.6 Å². The van der Waals surface area contributed by atoms with Crippen LogP contribution in [0, 0.1) is 22.2 Å². The van der Waals surface area contributed by atoms with Gasteiger partial charge >= 0.3 is 5.97 Å². The fourth-order valence-electron chi connectivity index (χ4n) is 5.53. The van der Waals surface area contributed by atoms with E-state index < -0.39 is 0 Å². The Labute approximate surface area is 175 Å². The summed E-state index contributed by atoms with van der Waals surface area (Å²) in [6.45, 7) is 8.02. The van der Waals surface area contributed by atoms with Crippen LogP contribution in [0.3, 0.4) is 0 Å². The lowest BCUT2D eigenvalue weighted by Crippen LogP contribution is -2.72. The average molecular weight is 544 g/mol. The quantitative estimate of drug-likeness (QED) is 0.388. The van der Waals surface area contributed by atoms with Crippen LogP contribution >= 0.6 is 47.8 Å². The van der Waals surface area contributed by atoms with Gasteiger partial charge in [0, 0.05) is 23.3 Å². The van der Waals surface area contributed by atoms with E-state index in [4.69, 9.17) is 4.74 Å². The molecule has 3 aliphatic carbocycles. The summed E-state index contributed by atoms with van der Waals surface area (Å²) in [6, 6.07) is 0. The average Bonchev–Trinajstić information content (AvgIpc) is 3.04. The van der Waals surface area contributed by atoms with Crippen LogP contribution in [0.4, 0.5) is 0 Å². The molecule has 0 N–H and O–H groups in total. The molecule has 0 aromatic heterocycles. The molecule has 1 amide bonds. The van der Waals surface area contributed by atoms with Crippen molar-refractivity contribution in [2.75, 3.05) is 19.7 Å². The Morgan fingerprint density at radius 3 is 2.24 bits per heavy atom. The molecule has 0 aromatic rings. The second-order valence-electron chi connectivity index (χ2n) is 8.12. The van der Waals surface area contributed by atoms with Gasteiger partial charge in [0.05, 0.1) is 21.7 Å². The van der Waals surface area contributed by atoms with Crippen molar-refractivity contribution < 1.29 is 14.3 Å². The maximum absolute atomic E-state index is 13.5. The molecular weight excluding hydrogens is 518 g/mol. The van der Waals surface area contributed by atoms with Crippen LogP contribution in [-0.4, -0.2) is 45.0 Å². The van der Waals surface area contributed by atoms with Crippen LogP contribution in [0.15, 0.2) is 0 Å². The van der Waals surface area contributed by atoms with Crippen LogP contribution in [0.2, 0.25) is 0 Å². The van der Waals surface area contributed by atoms with Gasteiger partial charge in [-0.25, -0.2) is 0 Å². The topological polar surface area (TPSA) is 46.6 Å². The van der Waals surface area contributed by atoms with E-state index in [9.17, 15) is 9.59 Å². The summed E-state index contributed by atoms with van der Waals surface area (Å²) in [5, 5.41) is 0. The van der Waals surface area contributed by atoms with E-state index in [1.54, 1.807) is 0 Å². The van der Waals surface area contributed by atoms with Crippen molar-refractivity contribution in [2.24, 2.45) is 22.2 Å². The Kier molecular flexibility index (Phi) is 5.45. The number of likely N-dealkylation sites (tertiary alicyclic amines) is 1. The first-order chi connectivity index (χ1) is 11.7. The number of alkyl halides is 3. The van der Waals surface area contributed by atoms with Crippen molar-refractivity contribution in [3.05, 3.63) is 0 Å². The molecule has 3 atom stereocenters. The third-order valence-corrected chi connectivity index (χ3v) is 10.5. The number of fused-ring (bicyclic) bond motifs is 1. The molecule has 1 saturated heterocycles. The van der Waals surface area contributed by atoms with Gasteiger partial charge in [-0.2, -0.15) is 0 Å². The molecule has 7 heteroatoms. The number of halogens is 3. The monoisotopic (exact) mass is 541 g/mol. The van der Waals surface area contributed by atoms with Gasteiger partial charge in [0.2, 0.25) is 5.91 Å². The van der Waals surface area contributed by atoms with Crippen LogP contribution in [0.1, 0.15) is 46.5 Å². The molecule has 4 nitrogen and oxygen atoms in total. The molecule has 3 unspecified atom stereocenters. The molecule has 0 aromatic carbocycles. The van der Waals surface area contributed by atoms with Gasteiger partial charge in [-0.3, -0.25) is 9.59 Å². The second-order valence-corrected chi connectivity index (χ2v) is 12.1. The highest BCUT2D eigenvalue weighted by Gasteiger charge is 2.83. The molecule has 4 rings (SSSR count). The standard InChI is InChI=1S/C18H26Br3NO3/c1-4-25-12(23)11-5-9-22(10-6-11)15(24)18-8-7-17(13(18)19,14(20)21)16(18,2)3/h11,13-14H,4-10H2,1-3H3. The normalized spacial score (nSPS) is 37.1. The number of ether oxygens (including phenoxy) is 1. The van der Waals surface area contributed by atoms with Gasteiger partial charge in [-0.15, -0.1) is 0 Å². The fourth-order valence-corrected chi connectivity index (χ4v) is 10.4. The summed E-state index contributed by atoms with van der Waals surface area (Å²) >= 11 is 11.3. The van der Waals surface area contributed by atoms with Gasteiger partial charge in [-0.05, 0) is 38.0 Å². The summed E-state index contributed by atoms with van der Waals surface area (Å²) in [7, 11) is 0. The fraction of sp³-hybridized carbons (Fsp3) is 0.889. The van der Waals surface area contributed by atoms with E-state index in [1.807, 2.05) is 11.8 Å². The van der Waals surface area contributed by atoms with Gasteiger partial charge in [0.1, 0.15) is 0 Å². The third-order valence-electron chi connectivity index (χ3n) is 7.27. The van der Waals surface area contributed by atoms with Gasteiger partial charge in [-0.1, -0.05) is 61.6 Å². The first-order valence-electron chi connectivity index (χ1n) is 9.05. The van der Waals surface area contributed by atoms with Crippen molar-refractivity contribution in [2.45, 2.75) is 55.0 Å². The van der Waals surface area contributed by atoms with Crippen molar-refractivity contribution >= 4 is 59.7 Å². The Hall–Kier alpha value is 0.380. The molecule has 142 valence electrons. The van der Waals surface area contributed by atoms with Crippen LogP contribution in [-0.2, 0) is 14.3 Å². The minimum absolute atomic E-state index is 0.0475. The zero-order valence-electron chi connectivity index (χ0n) is 15.0. The number of carbonyl (C=O) groups excluding carboxylic acids is 2. The zero-order chi connectivity index (χ0) is 18.6. The summed E-state index contributed by atoms with van der Waals surface area (Å²) in [5.74, 6) is 0.0830. The molecule has 1 heterocycles. The molecule has 4 aliphatic rings. The number of nitrogens with zero attached hydrogens (tertiary/aromatic N) is 1. The number of carbonyl (C=O) groups is 2. The molecule has 1 aliphatic heterocycles. The van der Waals surface area contributed by atoms with Crippen molar-refractivity contribution in [1.82, 2.24) is 4.90 Å². The Morgan fingerprint density at radius 1 is 1.20 bits per heavy atom. The van der Waals surface area contributed by atoms with E-state index >= 15 is 0 Å². The Morgan fingerprint density at radius 2 is 1.80 bits per heavy atom. The molecule has 4 fully saturated rings. The largest absolute Gasteiger partial charge is 0.466 e. The van der Waals surface area contributed by atoms with Crippen molar-refractivity contribution in [1.29, 1.82) is 0 Å². The van der Waals surface area contributed by atoms with E-state index in [1.165, 1.54) is 0 Å². The SMILES string of the molecule is CCOC(=O)C1CCN(C(=O)C23CCC(C(Br)Br)(C2Br)C3(C)C)CC1. The van der Waals surface area contributed by atoms with Gasteiger partial charge in [0.15, 0.2) is 0 Å². The Bertz CT molecular complexity index is 574. The summed E-state index contributed by atoms with van der Waals surface area (Å²) < 4.78 is 5.32. The number of hydrogen-bond acceptors (Lipinski definition) is 3. The number of piperidine rings is 1. The maximum Gasteiger partial charge on any atom is 0.309 e. The molecule has 0 radical (unpaired) electrons. The highest BCUT2D eigenvalue weighted by atomic mass is 79.9. The minimum Gasteiger partial charge on any atom is -0.466 e. The van der Waals surface area contributed by atoms with Crippen molar-refractivity contribution in [3.63, 3.8) is 0 Å². The molecule has 25 heavy (non-hydrogen) atoms. The first-order valence-corrected chi connectivity index (χ1v) is 11.8. The molecule has 2 bridgehead atoms. The smallest absolute Gasteiger partial charge is 0.309 e. The second kappa shape index (κ2) is 6.77. The predicted octanol–water partition coefficient (Wildman–Crippen LogP) is 4.47. The van der Waals surface area contributed by atoms with Gasteiger partial charge < -0.3 is 9.64 Å². The minimum atomic E-state index is -0.344. The van der Waals surface area contributed by atoms with Crippen molar-refractivity contribution in [3.8, 4) is 0 Å².